The van der Waals surface area contributed by atoms with E-state index in [4.69, 9.17) is 10.00 Å². The van der Waals surface area contributed by atoms with Gasteiger partial charge in [0.2, 0.25) is 0 Å². The second-order valence-electron chi connectivity index (χ2n) is 5.88. The third-order valence-electron chi connectivity index (χ3n) is 4.08. The summed E-state index contributed by atoms with van der Waals surface area (Å²) in [6, 6.07) is 11.6. The molecule has 1 fully saturated rings. The van der Waals surface area contributed by atoms with Crippen molar-refractivity contribution >= 4 is 6.09 Å². The van der Waals surface area contributed by atoms with Crippen molar-refractivity contribution < 1.29 is 9.53 Å². The minimum atomic E-state index is -0.406. The lowest BCUT2D eigenvalue weighted by atomic mass is 10.2. The number of likely N-dealkylation sites (tertiary alicyclic amines) is 1. The van der Waals surface area contributed by atoms with Crippen LogP contribution in [-0.2, 0) is 11.3 Å². The molecule has 1 heterocycles. The molecule has 0 aliphatic carbocycles. The maximum absolute atomic E-state index is 12.1. The molecule has 0 aromatic heterocycles. The molecular weight excluding hydrogens is 290 g/mol. The molecule has 1 aliphatic rings. The van der Waals surface area contributed by atoms with Crippen molar-refractivity contribution in [3.63, 3.8) is 0 Å². The van der Waals surface area contributed by atoms with Gasteiger partial charge in [-0.05, 0) is 50.9 Å². The van der Waals surface area contributed by atoms with E-state index in [0.29, 0.717) is 6.54 Å². The Morgan fingerprint density at radius 2 is 1.96 bits per heavy atom. The maximum Gasteiger partial charge on any atom is 0.410 e. The largest absolute Gasteiger partial charge is 0.445 e. The van der Waals surface area contributed by atoms with Gasteiger partial charge in [0.05, 0.1) is 6.07 Å². The molecule has 23 heavy (non-hydrogen) atoms. The Morgan fingerprint density at radius 1 is 1.22 bits per heavy atom. The van der Waals surface area contributed by atoms with E-state index in [2.05, 4.69) is 4.90 Å². The molecule has 0 bridgehead atoms. The van der Waals surface area contributed by atoms with Crippen LogP contribution in [0.2, 0.25) is 0 Å². The predicted octanol–water partition coefficient (Wildman–Crippen LogP) is 3.02. The first-order valence-electron chi connectivity index (χ1n) is 8.34. The molecule has 2 rings (SSSR count). The Kier molecular flexibility index (Phi) is 7.41. The fraction of sp³-hybridized carbons (Fsp3) is 0.556. The average molecular weight is 315 g/mol. The van der Waals surface area contributed by atoms with Crippen molar-refractivity contribution in [3.8, 4) is 6.07 Å². The van der Waals surface area contributed by atoms with E-state index >= 15 is 0 Å². The molecule has 0 atom stereocenters. The molecule has 1 aliphatic heterocycles. The lowest BCUT2D eigenvalue weighted by molar-refractivity contribution is 0.0996. The molecule has 1 amide bonds. The molecule has 0 unspecified atom stereocenters. The normalized spacial score (nSPS) is 14.4. The van der Waals surface area contributed by atoms with Crippen LogP contribution in [-0.4, -0.2) is 48.6 Å². The molecule has 0 spiro atoms. The number of carbonyl (C=O) groups is 1. The van der Waals surface area contributed by atoms with Gasteiger partial charge in [0.25, 0.3) is 0 Å². The molecule has 0 radical (unpaired) electrons. The molecule has 0 N–H and O–H groups in total. The molecule has 1 aromatic carbocycles. The van der Waals surface area contributed by atoms with Gasteiger partial charge >= 0.3 is 6.09 Å². The number of unbranched alkanes of at least 4 members (excludes halogenated alkanes) is 1. The SMILES string of the molecule is N#CCN(CCCCN1CCCC1)C(=O)OCc1ccccc1. The second-order valence-corrected chi connectivity index (χ2v) is 5.88. The van der Waals surface area contributed by atoms with E-state index in [1.165, 1.54) is 30.8 Å². The topological polar surface area (TPSA) is 56.6 Å². The molecule has 1 saturated heterocycles. The van der Waals surface area contributed by atoms with Crippen LogP contribution in [0.25, 0.3) is 0 Å². The lowest BCUT2D eigenvalue weighted by Gasteiger charge is -2.20. The third kappa shape index (κ3) is 6.29. The van der Waals surface area contributed by atoms with E-state index in [1.807, 2.05) is 36.4 Å². The van der Waals surface area contributed by atoms with Crippen LogP contribution in [0, 0.1) is 11.3 Å². The minimum Gasteiger partial charge on any atom is -0.445 e. The van der Waals surface area contributed by atoms with E-state index in [9.17, 15) is 4.79 Å². The van der Waals surface area contributed by atoms with Gasteiger partial charge in [0, 0.05) is 6.54 Å². The predicted molar refractivity (Wildman–Crippen MR) is 88.7 cm³/mol. The molecule has 5 heteroatoms. The van der Waals surface area contributed by atoms with Gasteiger partial charge in [0.1, 0.15) is 13.2 Å². The molecule has 5 nitrogen and oxygen atoms in total. The number of rotatable bonds is 8. The van der Waals surface area contributed by atoms with Crippen molar-refractivity contribution in [2.45, 2.75) is 32.3 Å². The van der Waals surface area contributed by atoms with Crippen molar-refractivity contribution in [1.29, 1.82) is 5.26 Å². The minimum absolute atomic E-state index is 0.0807. The second kappa shape index (κ2) is 9.86. The number of nitrogens with zero attached hydrogens (tertiary/aromatic N) is 3. The van der Waals surface area contributed by atoms with Gasteiger partial charge in [-0.2, -0.15) is 5.26 Å². The van der Waals surface area contributed by atoms with Crippen molar-refractivity contribution in [2.24, 2.45) is 0 Å². The number of carbonyl (C=O) groups excluding carboxylic acids is 1. The van der Waals surface area contributed by atoms with Crippen LogP contribution >= 0.6 is 0 Å². The van der Waals surface area contributed by atoms with Crippen LogP contribution < -0.4 is 0 Å². The van der Waals surface area contributed by atoms with Crippen LogP contribution in [0.4, 0.5) is 4.79 Å². The quantitative estimate of drug-likeness (QED) is 0.546. The first kappa shape index (κ1) is 17.3. The van der Waals surface area contributed by atoms with E-state index in [-0.39, 0.29) is 13.2 Å². The smallest absolute Gasteiger partial charge is 0.410 e. The summed E-state index contributed by atoms with van der Waals surface area (Å²) in [5.41, 5.74) is 0.951. The van der Waals surface area contributed by atoms with E-state index in [1.54, 1.807) is 0 Å². The number of hydrogen-bond acceptors (Lipinski definition) is 4. The highest BCUT2D eigenvalue weighted by atomic mass is 16.6. The summed E-state index contributed by atoms with van der Waals surface area (Å²) >= 11 is 0. The maximum atomic E-state index is 12.1. The summed E-state index contributed by atoms with van der Waals surface area (Å²) in [5.74, 6) is 0. The Morgan fingerprint density at radius 3 is 2.65 bits per heavy atom. The number of amides is 1. The summed E-state index contributed by atoms with van der Waals surface area (Å²) in [6.07, 6.45) is 4.14. The summed E-state index contributed by atoms with van der Waals surface area (Å²) in [6.45, 7) is 4.38. The van der Waals surface area contributed by atoms with Crippen LogP contribution in [0.1, 0.15) is 31.2 Å². The lowest BCUT2D eigenvalue weighted by Crippen LogP contribution is -2.33. The zero-order valence-electron chi connectivity index (χ0n) is 13.6. The summed E-state index contributed by atoms with van der Waals surface area (Å²) in [4.78, 5) is 16.1. The van der Waals surface area contributed by atoms with Crippen LogP contribution in [0.3, 0.4) is 0 Å². The van der Waals surface area contributed by atoms with E-state index < -0.39 is 6.09 Å². The summed E-state index contributed by atoms with van der Waals surface area (Å²) < 4.78 is 5.30. The Hall–Kier alpha value is -2.06. The Bertz CT molecular complexity index is 507. The average Bonchev–Trinajstić information content (AvgIpc) is 3.10. The Balaban J connectivity index is 1.68. The number of hydrogen-bond donors (Lipinski definition) is 0. The fourth-order valence-electron chi connectivity index (χ4n) is 2.78. The molecule has 0 saturated carbocycles. The Labute approximate surface area is 138 Å². The fourth-order valence-corrected chi connectivity index (χ4v) is 2.78. The standard InChI is InChI=1S/C18H25N3O2/c19-10-15-21(14-7-6-13-20-11-4-5-12-20)18(22)23-16-17-8-2-1-3-9-17/h1-3,8-9H,4-7,11-16H2. The third-order valence-corrected chi connectivity index (χ3v) is 4.08. The zero-order valence-corrected chi connectivity index (χ0v) is 13.6. The van der Waals surface area contributed by atoms with E-state index in [0.717, 1.165) is 24.9 Å². The summed E-state index contributed by atoms with van der Waals surface area (Å²) in [5, 5.41) is 8.89. The van der Waals surface area contributed by atoms with Gasteiger partial charge in [-0.1, -0.05) is 30.3 Å². The first-order valence-corrected chi connectivity index (χ1v) is 8.34. The molecule has 124 valence electrons. The highest BCUT2D eigenvalue weighted by Crippen LogP contribution is 2.09. The van der Waals surface area contributed by atoms with Gasteiger partial charge in [-0.25, -0.2) is 4.79 Å². The van der Waals surface area contributed by atoms with Crippen molar-refractivity contribution in [1.82, 2.24) is 9.80 Å². The van der Waals surface area contributed by atoms with Crippen molar-refractivity contribution in [2.75, 3.05) is 32.7 Å². The van der Waals surface area contributed by atoms with Gasteiger partial charge in [-0.3, -0.25) is 4.90 Å². The molecular formula is C18H25N3O2. The number of ether oxygens (including phenoxy) is 1. The van der Waals surface area contributed by atoms with Gasteiger partial charge in [-0.15, -0.1) is 0 Å². The molecule has 1 aromatic rings. The highest BCUT2D eigenvalue weighted by Gasteiger charge is 2.15. The van der Waals surface area contributed by atoms with Crippen LogP contribution in [0.5, 0.6) is 0 Å². The first-order chi connectivity index (χ1) is 11.3. The van der Waals surface area contributed by atoms with Gasteiger partial charge < -0.3 is 9.64 Å². The van der Waals surface area contributed by atoms with Crippen molar-refractivity contribution in [3.05, 3.63) is 35.9 Å². The highest BCUT2D eigenvalue weighted by molar-refractivity contribution is 5.67. The van der Waals surface area contributed by atoms with Crippen LogP contribution in [0.15, 0.2) is 30.3 Å². The summed E-state index contributed by atoms with van der Waals surface area (Å²) in [7, 11) is 0. The monoisotopic (exact) mass is 315 g/mol. The van der Waals surface area contributed by atoms with Gasteiger partial charge in [0.15, 0.2) is 0 Å². The zero-order chi connectivity index (χ0) is 16.3. The number of nitriles is 1. The number of benzene rings is 1.